The minimum Gasteiger partial charge on any atom is -0.480 e. The lowest BCUT2D eigenvalue weighted by Gasteiger charge is -2.17. The van der Waals surface area contributed by atoms with Gasteiger partial charge in [-0.25, -0.2) is 0 Å². The maximum absolute atomic E-state index is 11.1. The van der Waals surface area contributed by atoms with Crippen LogP contribution in [0.3, 0.4) is 0 Å². The van der Waals surface area contributed by atoms with Crippen LogP contribution in [0, 0.1) is 19.8 Å². The summed E-state index contributed by atoms with van der Waals surface area (Å²) < 4.78 is 0. The van der Waals surface area contributed by atoms with E-state index in [1.54, 1.807) is 0 Å². The van der Waals surface area contributed by atoms with Crippen LogP contribution >= 0.6 is 0 Å². The summed E-state index contributed by atoms with van der Waals surface area (Å²) in [5.74, 6) is -0.397. The maximum atomic E-state index is 11.1. The lowest BCUT2D eigenvalue weighted by molar-refractivity contribution is -0.140. The fourth-order valence-electron chi connectivity index (χ4n) is 1.97. The van der Waals surface area contributed by atoms with Gasteiger partial charge in [0.2, 0.25) is 0 Å². The Kier molecular flexibility index (Phi) is 5.35. The number of benzene rings is 1. The van der Waals surface area contributed by atoms with Gasteiger partial charge >= 0.3 is 5.97 Å². The molecule has 0 heterocycles. The van der Waals surface area contributed by atoms with Gasteiger partial charge in [-0.1, -0.05) is 37.6 Å². The third kappa shape index (κ3) is 4.49. The molecule has 3 nitrogen and oxygen atoms in total. The van der Waals surface area contributed by atoms with Crippen molar-refractivity contribution in [3.8, 4) is 0 Å². The molecule has 0 saturated carbocycles. The average Bonchev–Trinajstić information content (AvgIpc) is 2.27. The van der Waals surface area contributed by atoms with Crippen molar-refractivity contribution in [1.82, 2.24) is 5.32 Å². The Morgan fingerprint density at radius 1 is 1.33 bits per heavy atom. The van der Waals surface area contributed by atoms with Crippen LogP contribution in [0.1, 0.15) is 37.0 Å². The topological polar surface area (TPSA) is 49.3 Å². The summed E-state index contributed by atoms with van der Waals surface area (Å²) in [7, 11) is 0. The number of nitrogens with one attached hydrogen (secondary N) is 1. The second-order valence-corrected chi connectivity index (χ2v) is 5.33. The van der Waals surface area contributed by atoms with Crippen LogP contribution in [-0.4, -0.2) is 17.1 Å². The summed E-state index contributed by atoms with van der Waals surface area (Å²) in [6, 6.07) is 5.79. The van der Waals surface area contributed by atoms with Crippen LogP contribution in [0.2, 0.25) is 0 Å². The predicted molar refractivity (Wildman–Crippen MR) is 73.6 cm³/mol. The molecule has 18 heavy (non-hydrogen) atoms. The first-order valence-corrected chi connectivity index (χ1v) is 6.42. The third-order valence-corrected chi connectivity index (χ3v) is 3.05. The van der Waals surface area contributed by atoms with Crippen LogP contribution in [0.25, 0.3) is 0 Å². The SMILES string of the molecule is Cc1ccc(C)c(CN[C@H](CC(C)C)C(=O)O)c1. The molecule has 1 atom stereocenters. The highest BCUT2D eigenvalue weighted by Crippen LogP contribution is 2.12. The maximum Gasteiger partial charge on any atom is 0.320 e. The second-order valence-electron chi connectivity index (χ2n) is 5.33. The summed E-state index contributed by atoms with van der Waals surface area (Å²) in [5.41, 5.74) is 3.57. The lowest BCUT2D eigenvalue weighted by Crippen LogP contribution is -2.37. The molecule has 0 bridgehead atoms. The molecule has 0 aliphatic carbocycles. The van der Waals surface area contributed by atoms with Gasteiger partial charge in [0, 0.05) is 6.54 Å². The van der Waals surface area contributed by atoms with E-state index in [9.17, 15) is 4.79 Å². The summed E-state index contributed by atoms with van der Waals surface area (Å²) >= 11 is 0. The zero-order valence-corrected chi connectivity index (χ0v) is 11.7. The molecule has 2 N–H and O–H groups in total. The number of aryl methyl sites for hydroxylation is 2. The summed E-state index contributed by atoms with van der Waals surface area (Å²) in [6.45, 7) is 8.78. The molecule has 0 aliphatic rings. The first-order chi connectivity index (χ1) is 8.40. The zero-order valence-electron chi connectivity index (χ0n) is 11.7. The Morgan fingerprint density at radius 2 is 2.00 bits per heavy atom. The molecule has 0 fully saturated rings. The van der Waals surface area contributed by atoms with Crippen molar-refractivity contribution in [2.75, 3.05) is 0 Å². The number of carboxylic acids is 1. The molecule has 0 saturated heterocycles. The Bertz CT molecular complexity index is 413. The first kappa shape index (κ1) is 14.7. The second kappa shape index (κ2) is 6.55. The molecule has 0 spiro atoms. The molecule has 0 unspecified atom stereocenters. The van der Waals surface area contributed by atoms with Crippen LogP contribution in [-0.2, 0) is 11.3 Å². The largest absolute Gasteiger partial charge is 0.480 e. The van der Waals surface area contributed by atoms with Crippen molar-refractivity contribution in [2.45, 2.75) is 46.7 Å². The Balaban J connectivity index is 2.66. The summed E-state index contributed by atoms with van der Waals surface area (Å²) in [4.78, 5) is 11.1. The van der Waals surface area contributed by atoms with E-state index < -0.39 is 12.0 Å². The number of carbonyl (C=O) groups is 1. The lowest BCUT2D eigenvalue weighted by atomic mass is 10.0. The van der Waals surface area contributed by atoms with Crippen molar-refractivity contribution < 1.29 is 9.90 Å². The molecule has 0 aliphatic heterocycles. The van der Waals surface area contributed by atoms with E-state index in [1.807, 2.05) is 20.8 Å². The Labute approximate surface area is 109 Å². The number of aliphatic carboxylic acids is 1. The molecule has 0 aromatic heterocycles. The number of hydrogen-bond acceptors (Lipinski definition) is 2. The molecule has 1 aromatic rings. The van der Waals surface area contributed by atoms with Gasteiger partial charge in [-0.3, -0.25) is 4.79 Å². The van der Waals surface area contributed by atoms with Gasteiger partial charge in [0.1, 0.15) is 6.04 Å². The van der Waals surface area contributed by atoms with E-state index in [-0.39, 0.29) is 0 Å². The van der Waals surface area contributed by atoms with E-state index in [1.165, 1.54) is 16.7 Å². The summed E-state index contributed by atoms with van der Waals surface area (Å²) in [5, 5.41) is 12.3. The molecule has 1 aromatic carbocycles. The normalized spacial score (nSPS) is 12.7. The van der Waals surface area contributed by atoms with Gasteiger partial charge in [0.25, 0.3) is 0 Å². The molecule has 0 amide bonds. The predicted octanol–water partition coefficient (Wildman–Crippen LogP) is 2.89. The van der Waals surface area contributed by atoms with E-state index >= 15 is 0 Å². The number of rotatable bonds is 6. The van der Waals surface area contributed by atoms with Crippen LogP contribution in [0.5, 0.6) is 0 Å². The van der Waals surface area contributed by atoms with Crippen molar-refractivity contribution >= 4 is 5.97 Å². The Morgan fingerprint density at radius 3 is 2.56 bits per heavy atom. The highest BCUT2D eigenvalue weighted by atomic mass is 16.4. The molecule has 3 heteroatoms. The molecule has 100 valence electrons. The van der Waals surface area contributed by atoms with E-state index in [4.69, 9.17) is 5.11 Å². The van der Waals surface area contributed by atoms with E-state index in [0.717, 1.165) is 0 Å². The standard InChI is InChI=1S/C15H23NO2/c1-10(2)7-14(15(17)18)16-9-13-8-11(3)5-6-12(13)4/h5-6,8,10,14,16H,7,9H2,1-4H3,(H,17,18)/t14-/m1/s1. The molecule has 1 rings (SSSR count). The van der Waals surface area contributed by atoms with Crippen molar-refractivity contribution in [3.05, 3.63) is 34.9 Å². The van der Waals surface area contributed by atoms with E-state index in [0.29, 0.717) is 18.9 Å². The third-order valence-electron chi connectivity index (χ3n) is 3.05. The van der Waals surface area contributed by atoms with Crippen molar-refractivity contribution in [2.24, 2.45) is 5.92 Å². The monoisotopic (exact) mass is 249 g/mol. The van der Waals surface area contributed by atoms with Gasteiger partial charge in [0.05, 0.1) is 0 Å². The van der Waals surface area contributed by atoms with E-state index in [2.05, 4.69) is 30.4 Å². The highest BCUT2D eigenvalue weighted by Gasteiger charge is 2.18. The molecular weight excluding hydrogens is 226 g/mol. The van der Waals surface area contributed by atoms with Gasteiger partial charge in [-0.15, -0.1) is 0 Å². The average molecular weight is 249 g/mol. The van der Waals surface area contributed by atoms with Crippen LogP contribution in [0.15, 0.2) is 18.2 Å². The quantitative estimate of drug-likeness (QED) is 0.815. The van der Waals surface area contributed by atoms with Crippen LogP contribution < -0.4 is 5.32 Å². The van der Waals surface area contributed by atoms with Crippen molar-refractivity contribution in [1.29, 1.82) is 0 Å². The smallest absolute Gasteiger partial charge is 0.320 e. The first-order valence-electron chi connectivity index (χ1n) is 6.42. The van der Waals surface area contributed by atoms with Crippen molar-refractivity contribution in [3.63, 3.8) is 0 Å². The zero-order chi connectivity index (χ0) is 13.7. The number of hydrogen-bond donors (Lipinski definition) is 2. The van der Waals surface area contributed by atoms with Gasteiger partial charge in [-0.05, 0) is 37.3 Å². The number of carboxylic acid groups (broad SMARTS) is 1. The molecular formula is C15H23NO2. The van der Waals surface area contributed by atoms with Gasteiger partial charge in [0.15, 0.2) is 0 Å². The fraction of sp³-hybridized carbons (Fsp3) is 0.533. The summed E-state index contributed by atoms with van der Waals surface area (Å²) in [6.07, 6.45) is 0.653. The minimum absolute atomic E-state index is 0.372. The minimum atomic E-state index is -0.769. The highest BCUT2D eigenvalue weighted by molar-refractivity contribution is 5.73. The van der Waals surface area contributed by atoms with Gasteiger partial charge < -0.3 is 10.4 Å². The van der Waals surface area contributed by atoms with Crippen LogP contribution in [0.4, 0.5) is 0 Å². The fourth-order valence-corrected chi connectivity index (χ4v) is 1.97. The Hall–Kier alpha value is -1.35. The van der Waals surface area contributed by atoms with Gasteiger partial charge in [-0.2, -0.15) is 0 Å². The molecule has 0 radical (unpaired) electrons.